The van der Waals surface area contributed by atoms with Crippen LogP contribution < -0.4 is 0 Å². The Morgan fingerprint density at radius 1 is 1.27 bits per heavy atom. The molecule has 1 saturated carbocycles. The van der Waals surface area contributed by atoms with E-state index in [0.717, 1.165) is 25.9 Å². The quantitative estimate of drug-likeness (QED) is 0.503. The fraction of sp³-hybridized carbons (Fsp3) is 0.917. The highest BCUT2D eigenvalue weighted by Crippen LogP contribution is 2.20. The van der Waals surface area contributed by atoms with Crippen molar-refractivity contribution in [2.24, 2.45) is 0 Å². The molecule has 0 N–H and O–H groups in total. The molecule has 1 rings (SSSR count). The number of hydrogen-bond acceptors (Lipinski definition) is 3. The molecule has 0 saturated heterocycles. The van der Waals surface area contributed by atoms with Gasteiger partial charge in [0.15, 0.2) is 0 Å². The molecule has 0 aromatic heterocycles. The van der Waals surface area contributed by atoms with Gasteiger partial charge in [-0.1, -0.05) is 6.42 Å². The van der Waals surface area contributed by atoms with E-state index >= 15 is 0 Å². The highest BCUT2D eigenvalue weighted by molar-refractivity contribution is 5.69. The normalized spacial score (nSPS) is 17.7. The highest BCUT2D eigenvalue weighted by atomic mass is 16.5. The zero-order chi connectivity index (χ0) is 10.9. The van der Waals surface area contributed by atoms with Crippen molar-refractivity contribution in [1.29, 1.82) is 0 Å². The summed E-state index contributed by atoms with van der Waals surface area (Å²) in [5, 5.41) is 0. The molecule has 0 aromatic rings. The number of carbonyl (C=O) groups is 1. The Hall–Kier alpha value is -0.570. The second-order valence-electron chi connectivity index (χ2n) is 4.05. The van der Waals surface area contributed by atoms with Crippen molar-refractivity contribution in [1.82, 2.24) is 0 Å². The fourth-order valence-electron chi connectivity index (χ4n) is 1.89. The largest absolute Gasteiger partial charge is 0.462 e. The van der Waals surface area contributed by atoms with Crippen LogP contribution in [-0.4, -0.2) is 25.3 Å². The van der Waals surface area contributed by atoms with Gasteiger partial charge in [-0.05, 0) is 39.0 Å². The van der Waals surface area contributed by atoms with Crippen molar-refractivity contribution in [2.45, 2.75) is 58.0 Å². The lowest BCUT2D eigenvalue weighted by Crippen LogP contribution is -2.20. The first kappa shape index (κ1) is 12.5. The van der Waals surface area contributed by atoms with Crippen molar-refractivity contribution in [3.63, 3.8) is 0 Å². The standard InChI is InChI=1S/C12H22O3/c1-2-14-10-6-9-12(13)15-11-7-4-3-5-8-11/h11H,2-10H2,1H3. The maximum Gasteiger partial charge on any atom is 0.306 e. The van der Waals surface area contributed by atoms with Gasteiger partial charge in [-0.2, -0.15) is 0 Å². The lowest BCUT2D eigenvalue weighted by atomic mass is 9.98. The second kappa shape index (κ2) is 7.69. The van der Waals surface area contributed by atoms with E-state index in [2.05, 4.69) is 0 Å². The van der Waals surface area contributed by atoms with Crippen molar-refractivity contribution in [2.75, 3.05) is 13.2 Å². The van der Waals surface area contributed by atoms with E-state index in [1.54, 1.807) is 0 Å². The summed E-state index contributed by atoms with van der Waals surface area (Å²) >= 11 is 0. The molecule has 0 bridgehead atoms. The molecule has 15 heavy (non-hydrogen) atoms. The van der Waals surface area contributed by atoms with E-state index in [9.17, 15) is 4.79 Å². The minimum Gasteiger partial charge on any atom is -0.462 e. The van der Waals surface area contributed by atoms with E-state index in [-0.39, 0.29) is 12.1 Å². The predicted molar refractivity (Wildman–Crippen MR) is 58.7 cm³/mol. The summed E-state index contributed by atoms with van der Waals surface area (Å²) in [6.45, 7) is 3.34. The zero-order valence-electron chi connectivity index (χ0n) is 9.67. The van der Waals surface area contributed by atoms with Gasteiger partial charge in [0.2, 0.25) is 0 Å². The van der Waals surface area contributed by atoms with Crippen LogP contribution in [0.25, 0.3) is 0 Å². The molecule has 0 amide bonds. The van der Waals surface area contributed by atoms with Crippen molar-refractivity contribution in [3.05, 3.63) is 0 Å². The molecule has 0 aromatic carbocycles. The first-order valence-electron chi connectivity index (χ1n) is 6.10. The predicted octanol–water partition coefficient (Wildman–Crippen LogP) is 2.68. The van der Waals surface area contributed by atoms with Gasteiger partial charge < -0.3 is 9.47 Å². The van der Waals surface area contributed by atoms with Crippen LogP contribution in [0, 0.1) is 0 Å². The minimum atomic E-state index is -0.0541. The van der Waals surface area contributed by atoms with Crippen LogP contribution >= 0.6 is 0 Å². The molecule has 0 radical (unpaired) electrons. The van der Waals surface area contributed by atoms with Crippen LogP contribution in [0.3, 0.4) is 0 Å². The summed E-state index contributed by atoms with van der Waals surface area (Å²) in [5.74, 6) is -0.0541. The van der Waals surface area contributed by atoms with E-state index in [4.69, 9.17) is 9.47 Å². The molecule has 0 aliphatic heterocycles. The van der Waals surface area contributed by atoms with Gasteiger partial charge >= 0.3 is 5.97 Å². The van der Waals surface area contributed by atoms with Gasteiger partial charge in [-0.25, -0.2) is 0 Å². The maximum absolute atomic E-state index is 11.4. The Morgan fingerprint density at radius 3 is 2.67 bits per heavy atom. The SMILES string of the molecule is CCOCCCC(=O)OC1CCCCC1. The van der Waals surface area contributed by atoms with Gasteiger partial charge in [0, 0.05) is 19.6 Å². The molecule has 3 heteroatoms. The van der Waals surface area contributed by atoms with Crippen LogP contribution in [-0.2, 0) is 14.3 Å². The first-order chi connectivity index (χ1) is 7.33. The Bertz CT molecular complexity index is 174. The Labute approximate surface area is 92.1 Å². The summed E-state index contributed by atoms with van der Waals surface area (Å²) < 4.78 is 10.5. The van der Waals surface area contributed by atoms with Crippen LogP contribution in [0.5, 0.6) is 0 Å². The molecular formula is C12H22O3. The number of esters is 1. The summed E-state index contributed by atoms with van der Waals surface area (Å²) in [6.07, 6.45) is 7.27. The summed E-state index contributed by atoms with van der Waals surface area (Å²) in [6, 6.07) is 0. The molecule has 1 aliphatic rings. The van der Waals surface area contributed by atoms with Gasteiger partial charge in [-0.15, -0.1) is 0 Å². The molecule has 0 atom stereocenters. The average molecular weight is 214 g/mol. The monoisotopic (exact) mass is 214 g/mol. The van der Waals surface area contributed by atoms with Gasteiger partial charge in [0.25, 0.3) is 0 Å². The number of carbonyl (C=O) groups excluding carboxylic acids is 1. The molecular weight excluding hydrogens is 192 g/mol. The smallest absolute Gasteiger partial charge is 0.306 e. The Morgan fingerprint density at radius 2 is 2.00 bits per heavy atom. The summed E-state index contributed by atoms with van der Waals surface area (Å²) in [7, 11) is 0. The molecule has 1 aliphatic carbocycles. The molecule has 0 spiro atoms. The third kappa shape index (κ3) is 5.78. The lowest BCUT2D eigenvalue weighted by molar-refractivity contribution is -0.150. The van der Waals surface area contributed by atoms with E-state index < -0.39 is 0 Å². The molecule has 88 valence electrons. The number of ether oxygens (including phenoxy) is 2. The third-order valence-corrected chi connectivity index (χ3v) is 2.72. The molecule has 0 heterocycles. The molecule has 0 unspecified atom stereocenters. The van der Waals surface area contributed by atoms with E-state index in [1.165, 1.54) is 19.3 Å². The first-order valence-corrected chi connectivity index (χ1v) is 6.10. The molecule has 1 fully saturated rings. The molecule has 3 nitrogen and oxygen atoms in total. The summed E-state index contributed by atoms with van der Waals surface area (Å²) in [5.41, 5.74) is 0. The van der Waals surface area contributed by atoms with Gasteiger partial charge in [0.1, 0.15) is 6.10 Å². The highest BCUT2D eigenvalue weighted by Gasteiger charge is 2.17. The van der Waals surface area contributed by atoms with Crippen LogP contribution in [0.4, 0.5) is 0 Å². The van der Waals surface area contributed by atoms with Crippen molar-refractivity contribution in [3.8, 4) is 0 Å². The lowest BCUT2D eigenvalue weighted by Gasteiger charge is -2.21. The van der Waals surface area contributed by atoms with Crippen molar-refractivity contribution >= 4 is 5.97 Å². The average Bonchev–Trinajstić information content (AvgIpc) is 2.26. The number of hydrogen-bond donors (Lipinski definition) is 0. The van der Waals surface area contributed by atoms with Crippen LogP contribution in [0.2, 0.25) is 0 Å². The van der Waals surface area contributed by atoms with Gasteiger partial charge in [-0.3, -0.25) is 4.79 Å². The van der Waals surface area contributed by atoms with Crippen molar-refractivity contribution < 1.29 is 14.3 Å². The number of rotatable bonds is 6. The summed E-state index contributed by atoms with van der Waals surface area (Å²) in [4.78, 5) is 11.4. The minimum absolute atomic E-state index is 0.0541. The topological polar surface area (TPSA) is 35.5 Å². The van der Waals surface area contributed by atoms with E-state index in [1.807, 2.05) is 6.92 Å². The Kier molecular flexibility index (Phi) is 6.41. The second-order valence-corrected chi connectivity index (χ2v) is 4.05. The Balaban J connectivity index is 2.01. The van der Waals surface area contributed by atoms with E-state index in [0.29, 0.717) is 13.0 Å². The third-order valence-electron chi connectivity index (χ3n) is 2.72. The van der Waals surface area contributed by atoms with Crippen LogP contribution in [0.15, 0.2) is 0 Å². The van der Waals surface area contributed by atoms with Gasteiger partial charge in [0.05, 0.1) is 0 Å². The fourth-order valence-corrected chi connectivity index (χ4v) is 1.89. The zero-order valence-corrected chi connectivity index (χ0v) is 9.67. The maximum atomic E-state index is 11.4. The van der Waals surface area contributed by atoms with Crippen LogP contribution in [0.1, 0.15) is 51.9 Å².